The Morgan fingerprint density at radius 1 is 1.09 bits per heavy atom. The summed E-state index contributed by atoms with van der Waals surface area (Å²) in [6, 6.07) is 5.28. The van der Waals surface area contributed by atoms with Crippen LogP contribution in [0.5, 0.6) is 5.75 Å². The Balaban J connectivity index is 2.68. The van der Waals surface area contributed by atoms with Crippen molar-refractivity contribution in [2.75, 3.05) is 6.61 Å². The van der Waals surface area contributed by atoms with E-state index in [0.29, 0.717) is 4.88 Å². The summed E-state index contributed by atoms with van der Waals surface area (Å²) in [5.41, 5.74) is -0.591. The Hall–Kier alpha value is -3.32. The Labute approximate surface area is 195 Å². The molecule has 0 aliphatic rings. The lowest BCUT2D eigenvalue weighted by molar-refractivity contribution is -0.153. The molecule has 6 nitrogen and oxygen atoms in total. The van der Waals surface area contributed by atoms with E-state index in [-0.39, 0.29) is 21.7 Å². The molecule has 0 spiro atoms. The summed E-state index contributed by atoms with van der Waals surface area (Å²) in [6.45, 7) is 3.43. The molecule has 0 atom stereocenters. The number of thiazole rings is 1. The molecule has 0 fully saturated rings. The molecule has 0 aliphatic heterocycles. The van der Waals surface area contributed by atoms with Crippen LogP contribution in [0.25, 0.3) is 0 Å². The van der Waals surface area contributed by atoms with Crippen LogP contribution in [-0.2, 0) is 12.0 Å². The van der Waals surface area contributed by atoms with Gasteiger partial charge in [0.25, 0.3) is 0 Å². The highest BCUT2D eigenvalue weighted by Crippen LogP contribution is 2.27. The van der Waals surface area contributed by atoms with Crippen molar-refractivity contribution >= 4 is 17.2 Å². The number of aliphatic imine (C=N–C) groups is 1. The van der Waals surface area contributed by atoms with Crippen LogP contribution in [-0.4, -0.2) is 29.4 Å². The van der Waals surface area contributed by atoms with E-state index >= 15 is 0 Å². The molecule has 0 aliphatic carbocycles. The maximum Gasteiger partial charge on any atom is 0.422 e. The fourth-order valence-electron chi connectivity index (χ4n) is 2.56. The van der Waals surface area contributed by atoms with Gasteiger partial charge in [-0.15, -0.1) is 11.3 Å². The number of nitrogens with zero attached hydrogens (tertiary/aromatic N) is 5. The summed E-state index contributed by atoms with van der Waals surface area (Å²) >= 11 is 1.05. The topological polar surface area (TPSA) is 86.5 Å². The molecular weight excluding hydrogens is 484 g/mol. The number of amidine groups is 1. The number of alkyl halides is 6. The molecule has 182 valence electrons. The average molecular weight is 503 g/mol. The van der Waals surface area contributed by atoms with E-state index in [4.69, 9.17) is 10.00 Å². The van der Waals surface area contributed by atoms with E-state index in [1.54, 1.807) is 0 Å². The second kappa shape index (κ2) is 10.3. The highest BCUT2D eigenvalue weighted by Gasteiger charge is 2.30. The van der Waals surface area contributed by atoms with Crippen LogP contribution in [0, 0.1) is 22.8 Å². The Morgan fingerprint density at radius 2 is 1.76 bits per heavy atom. The molecule has 0 saturated carbocycles. The second-order valence-corrected chi connectivity index (χ2v) is 9.07. The SMILES string of the molecule is CC(C)(C)c1cn(CCC(F)(F)F)c(=NC(=NC#N)c2cc(C#N)ccc2OCC(F)(F)F)s1. The van der Waals surface area contributed by atoms with Crippen LogP contribution in [0.2, 0.25) is 0 Å². The van der Waals surface area contributed by atoms with E-state index in [1.807, 2.05) is 26.8 Å². The number of aryl methyl sites for hydroxylation is 1. The van der Waals surface area contributed by atoms with Gasteiger partial charge in [0.05, 0.1) is 23.6 Å². The minimum atomic E-state index is -4.66. The van der Waals surface area contributed by atoms with Gasteiger partial charge in [0.15, 0.2) is 17.2 Å². The molecule has 1 aromatic carbocycles. The largest absolute Gasteiger partial charge is 0.483 e. The first-order chi connectivity index (χ1) is 15.6. The predicted molar refractivity (Wildman–Crippen MR) is 112 cm³/mol. The lowest BCUT2D eigenvalue weighted by Crippen LogP contribution is -2.22. The lowest BCUT2D eigenvalue weighted by Gasteiger charge is -2.14. The first-order valence-electron chi connectivity index (χ1n) is 9.66. The second-order valence-electron chi connectivity index (χ2n) is 8.06. The molecule has 2 aromatic rings. The van der Waals surface area contributed by atoms with Gasteiger partial charge < -0.3 is 9.30 Å². The summed E-state index contributed by atoms with van der Waals surface area (Å²) in [5.74, 6) is -0.747. The van der Waals surface area contributed by atoms with Crippen LogP contribution in [0.3, 0.4) is 0 Å². The molecule has 0 amide bonds. The van der Waals surface area contributed by atoms with Crippen molar-refractivity contribution < 1.29 is 31.1 Å². The fraction of sp³-hybridized carbons (Fsp3) is 0.429. The molecule has 34 heavy (non-hydrogen) atoms. The van der Waals surface area contributed by atoms with Gasteiger partial charge in [0, 0.05) is 17.6 Å². The third kappa shape index (κ3) is 7.92. The first-order valence-corrected chi connectivity index (χ1v) is 10.5. The zero-order chi connectivity index (χ0) is 25.7. The van der Waals surface area contributed by atoms with Gasteiger partial charge in [-0.25, -0.2) is 0 Å². The summed E-state index contributed by atoms with van der Waals surface area (Å²) in [7, 11) is 0. The van der Waals surface area contributed by atoms with Crippen LogP contribution >= 0.6 is 11.3 Å². The lowest BCUT2D eigenvalue weighted by atomic mass is 9.95. The molecule has 0 radical (unpaired) electrons. The summed E-state index contributed by atoms with van der Waals surface area (Å²) in [6.07, 6.45) is -7.25. The highest BCUT2D eigenvalue weighted by atomic mass is 32.1. The van der Waals surface area contributed by atoms with E-state index in [1.165, 1.54) is 23.0 Å². The third-order valence-corrected chi connectivity index (χ3v) is 5.64. The molecule has 13 heteroatoms. The number of nitriles is 2. The zero-order valence-electron chi connectivity index (χ0n) is 18.3. The number of hydrogen-bond acceptors (Lipinski definition) is 5. The number of hydrogen-bond donors (Lipinski definition) is 0. The third-order valence-electron chi connectivity index (χ3n) is 4.19. The Morgan fingerprint density at radius 3 is 2.29 bits per heavy atom. The summed E-state index contributed by atoms with van der Waals surface area (Å²) in [4.78, 5) is 8.49. The van der Waals surface area contributed by atoms with Gasteiger partial charge in [0.1, 0.15) is 5.75 Å². The molecule has 1 heterocycles. The molecule has 0 N–H and O–H groups in total. The van der Waals surface area contributed by atoms with Crippen LogP contribution < -0.4 is 9.54 Å². The summed E-state index contributed by atoms with van der Waals surface area (Å²) in [5, 5.41) is 18.3. The van der Waals surface area contributed by atoms with Gasteiger partial charge in [-0.2, -0.15) is 46.9 Å². The molecule has 1 aromatic heterocycles. The van der Waals surface area contributed by atoms with Gasteiger partial charge in [0.2, 0.25) is 6.19 Å². The maximum atomic E-state index is 12.8. The minimum absolute atomic E-state index is 0.0294. The summed E-state index contributed by atoms with van der Waals surface area (Å²) < 4.78 is 82.6. The van der Waals surface area contributed by atoms with Crippen LogP contribution in [0.15, 0.2) is 34.4 Å². The van der Waals surface area contributed by atoms with Crippen molar-refractivity contribution in [1.82, 2.24) is 4.57 Å². The van der Waals surface area contributed by atoms with Crippen LogP contribution in [0.4, 0.5) is 26.3 Å². The smallest absolute Gasteiger partial charge is 0.422 e. The van der Waals surface area contributed by atoms with Crippen molar-refractivity contribution in [2.45, 2.75) is 51.5 Å². The fourth-order valence-corrected chi connectivity index (χ4v) is 3.64. The predicted octanol–water partition coefficient (Wildman–Crippen LogP) is 5.44. The van der Waals surface area contributed by atoms with Crippen LogP contribution in [0.1, 0.15) is 43.2 Å². The van der Waals surface area contributed by atoms with Crippen molar-refractivity contribution in [3.8, 4) is 18.0 Å². The monoisotopic (exact) mass is 503 g/mol. The standard InChI is InChI=1S/C21H19F6N5OS/c1-19(2,3)16-10-32(7-6-20(22,23)24)18(34-16)31-17(30-12-29)14-8-13(9-28)4-5-15(14)33-11-21(25,26)27/h4-5,8,10H,6-7,11H2,1-3H3. The maximum absolute atomic E-state index is 12.8. The van der Waals surface area contributed by atoms with Crippen molar-refractivity contribution in [2.24, 2.45) is 9.98 Å². The Kier molecular flexibility index (Phi) is 8.16. The number of benzene rings is 1. The molecule has 0 bridgehead atoms. The van der Waals surface area contributed by atoms with Gasteiger partial charge in [-0.3, -0.25) is 0 Å². The molecule has 0 saturated heterocycles. The normalized spacial score (nSPS) is 13.5. The Bertz CT molecular complexity index is 1200. The van der Waals surface area contributed by atoms with Crippen molar-refractivity contribution in [3.05, 3.63) is 45.2 Å². The number of halogens is 6. The number of ether oxygens (including phenoxy) is 1. The first kappa shape index (κ1) is 26.9. The number of rotatable bonds is 5. The van der Waals surface area contributed by atoms with E-state index < -0.39 is 43.2 Å². The van der Waals surface area contributed by atoms with Gasteiger partial charge in [-0.05, 0) is 23.6 Å². The average Bonchev–Trinajstić information content (AvgIpc) is 3.12. The van der Waals surface area contributed by atoms with Gasteiger partial charge in [-0.1, -0.05) is 20.8 Å². The van der Waals surface area contributed by atoms with Gasteiger partial charge >= 0.3 is 12.4 Å². The number of aromatic nitrogens is 1. The van der Waals surface area contributed by atoms with E-state index in [9.17, 15) is 31.6 Å². The van der Waals surface area contributed by atoms with E-state index in [2.05, 4.69) is 9.98 Å². The van der Waals surface area contributed by atoms with Crippen molar-refractivity contribution in [3.63, 3.8) is 0 Å². The highest BCUT2D eigenvalue weighted by molar-refractivity contribution is 7.09. The molecule has 0 unspecified atom stereocenters. The van der Waals surface area contributed by atoms with Crippen molar-refractivity contribution in [1.29, 1.82) is 10.5 Å². The zero-order valence-corrected chi connectivity index (χ0v) is 19.1. The molecule has 2 rings (SSSR count). The molecular formula is C21H19F6N5OS. The van der Waals surface area contributed by atoms with E-state index in [0.717, 1.165) is 23.5 Å². The quantitative estimate of drug-likeness (QED) is 0.236. The minimum Gasteiger partial charge on any atom is -0.483 e.